The van der Waals surface area contributed by atoms with Gasteiger partial charge in [-0.15, -0.1) is 0 Å². The normalized spacial score (nSPS) is 21.6. The Bertz CT molecular complexity index is 385. The molecule has 1 fully saturated rings. The molecule has 1 aliphatic rings. The first-order valence-electron chi connectivity index (χ1n) is 5.26. The van der Waals surface area contributed by atoms with Gasteiger partial charge in [0.1, 0.15) is 0 Å². The van der Waals surface area contributed by atoms with Crippen LogP contribution in [0.3, 0.4) is 0 Å². The fourth-order valence-corrected chi connectivity index (χ4v) is 2.04. The van der Waals surface area contributed by atoms with Crippen LogP contribution in [0, 0.1) is 11.3 Å². The van der Waals surface area contributed by atoms with Crippen LogP contribution in [0.25, 0.3) is 0 Å². The van der Waals surface area contributed by atoms with Crippen LogP contribution in [-0.4, -0.2) is 30.7 Å². The Kier molecular flexibility index (Phi) is 3.94. The molecule has 0 bridgehead atoms. The molecule has 1 atom stereocenters. The minimum Gasteiger partial charge on any atom is -0.361 e. The predicted molar refractivity (Wildman–Crippen MR) is 64.8 cm³/mol. The third kappa shape index (κ3) is 3.05. The highest BCUT2D eigenvalue weighted by Crippen LogP contribution is 2.14. The van der Waals surface area contributed by atoms with Gasteiger partial charge in [-0.3, -0.25) is 4.90 Å². The molecular weight excluding hydrogens is 268 g/mol. The van der Waals surface area contributed by atoms with E-state index in [-0.39, 0.29) is 6.10 Å². The number of nitriles is 1. The summed E-state index contributed by atoms with van der Waals surface area (Å²) < 4.78 is 6.39. The van der Waals surface area contributed by atoms with Crippen molar-refractivity contribution in [1.29, 1.82) is 5.26 Å². The highest BCUT2D eigenvalue weighted by atomic mass is 79.9. The van der Waals surface area contributed by atoms with Crippen LogP contribution < -0.4 is 0 Å². The SMILES string of the molecule is N#CC1CN(Cc2ccc(Br)cc2)CCO1. The van der Waals surface area contributed by atoms with Gasteiger partial charge in [0.05, 0.1) is 12.7 Å². The van der Waals surface area contributed by atoms with Gasteiger partial charge in [0.15, 0.2) is 6.10 Å². The van der Waals surface area contributed by atoms with Crippen molar-refractivity contribution in [2.75, 3.05) is 19.7 Å². The number of hydrogen-bond acceptors (Lipinski definition) is 3. The smallest absolute Gasteiger partial charge is 0.156 e. The van der Waals surface area contributed by atoms with E-state index in [1.54, 1.807) is 0 Å². The van der Waals surface area contributed by atoms with Crippen LogP contribution in [0.15, 0.2) is 28.7 Å². The van der Waals surface area contributed by atoms with E-state index in [0.29, 0.717) is 13.2 Å². The maximum Gasteiger partial charge on any atom is 0.156 e. The van der Waals surface area contributed by atoms with Gasteiger partial charge >= 0.3 is 0 Å². The Hall–Kier alpha value is -0.890. The molecule has 0 aromatic heterocycles. The third-order valence-corrected chi connectivity index (χ3v) is 3.14. The first kappa shape index (κ1) is 11.6. The molecule has 0 N–H and O–H groups in total. The van der Waals surface area contributed by atoms with E-state index < -0.39 is 0 Å². The third-order valence-electron chi connectivity index (χ3n) is 2.61. The molecule has 3 nitrogen and oxygen atoms in total. The van der Waals surface area contributed by atoms with E-state index in [4.69, 9.17) is 10.00 Å². The zero-order valence-corrected chi connectivity index (χ0v) is 10.5. The molecule has 0 aliphatic carbocycles. The van der Waals surface area contributed by atoms with Gasteiger partial charge in [0, 0.05) is 24.1 Å². The lowest BCUT2D eigenvalue weighted by atomic mass is 10.2. The van der Waals surface area contributed by atoms with E-state index in [1.165, 1.54) is 5.56 Å². The van der Waals surface area contributed by atoms with Gasteiger partial charge in [-0.1, -0.05) is 28.1 Å². The number of benzene rings is 1. The van der Waals surface area contributed by atoms with Gasteiger partial charge in [-0.05, 0) is 17.7 Å². The molecule has 4 heteroatoms. The largest absolute Gasteiger partial charge is 0.361 e. The molecule has 1 aromatic rings. The Balaban J connectivity index is 1.94. The summed E-state index contributed by atoms with van der Waals surface area (Å²) in [5.41, 5.74) is 1.27. The minimum absolute atomic E-state index is 0.274. The van der Waals surface area contributed by atoms with Crippen LogP contribution in [-0.2, 0) is 11.3 Å². The summed E-state index contributed by atoms with van der Waals surface area (Å²) >= 11 is 3.41. The molecule has 1 heterocycles. The zero-order chi connectivity index (χ0) is 11.4. The highest BCUT2D eigenvalue weighted by molar-refractivity contribution is 9.10. The summed E-state index contributed by atoms with van der Waals surface area (Å²) in [6, 6.07) is 10.4. The molecule has 16 heavy (non-hydrogen) atoms. The van der Waals surface area contributed by atoms with Crippen molar-refractivity contribution in [3.63, 3.8) is 0 Å². The lowest BCUT2D eigenvalue weighted by molar-refractivity contribution is -0.00269. The summed E-state index contributed by atoms with van der Waals surface area (Å²) in [5, 5.41) is 8.80. The molecular formula is C12H13BrN2O. The molecule has 0 amide bonds. The standard InChI is InChI=1S/C12H13BrN2O/c13-11-3-1-10(2-4-11)8-15-5-6-16-12(7-14)9-15/h1-4,12H,5-6,8-9H2. The van der Waals surface area contributed by atoms with E-state index in [0.717, 1.165) is 17.6 Å². The first-order valence-corrected chi connectivity index (χ1v) is 6.05. The molecule has 1 aliphatic heterocycles. The molecule has 1 saturated heterocycles. The van der Waals surface area contributed by atoms with Crippen molar-refractivity contribution in [3.8, 4) is 6.07 Å². The summed E-state index contributed by atoms with van der Waals surface area (Å²) in [6.07, 6.45) is -0.274. The number of ether oxygens (including phenoxy) is 1. The molecule has 84 valence electrons. The van der Waals surface area contributed by atoms with E-state index >= 15 is 0 Å². The van der Waals surface area contributed by atoms with Crippen molar-refractivity contribution in [2.24, 2.45) is 0 Å². The fourth-order valence-electron chi connectivity index (χ4n) is 1.77. The van der Waals surface area contributed by atoms with Crippen LogP contribution in [0.2, 0.25) is 0 Å². The predicted octanol–water partition coefficient (Wildman–Crippen LogP) is 2.17. The van der Waals surface area contributed by atoms with Crippen LogP contribution in [0.1, 0.15) is 5.56 Å². The summed E-state index contributed by atoms with van der Waals surface area (Å²) in [6.45, 7) is 3.13. The maximum atomic E-state index is 8.80. The highest BCUT2D eigenvalue weighted by Gasteiger charge is 2.19. The average Bonchev–Trinajstić information content (AvgIpc) is 2.32. The van der Waals surface area contributed by atoms with Crippen molar-refractivity contribution < 1.29 is 4.74 Å². The molecule has 1 aromatic carbocycles. The molecule has 0 radical (unpaired) electrons. The number of hydrogen-bond donors (Lipinski definition) is 0. The van der Waals surface area contributed by atoms with E-state index in [1.807, 2.05) is 12.1 Å². The van der Waals surface area contributed by atoms with Crippen LogP contribution in [0.4, 0.5) is 0 Å². The van der Waals surface area contributed by atoms with Gasteiger partial charge in [0.2, 0.25) is 0 Å². The number of nitrogens with zero attached hydrogens (tertiary/aromatic N) is 2. The molecule has 0 saturated carbocycles. The Labute approximate surface area is 104 Å². The van der Waals surface area contributed by atoms with Gasteiger partial charge < -0.3 is 4.74 Å². The second-order valence-electron chi connectivity index (χ2n) is 3.85. The second-order valence-corrected chi connectivity index (χ2v) is 4.77. The van der Waals surface area contributed by atoms with Crippen molar-refractivity contribution in [3.05, 3.63) is 34.3 Å². The lowest BCUT2D eigenvalue weighted by Crippen LogP contribution is -2.41. The summed E-state index contributed by atoms with van der Waals surface area (Å²) in [7, 11) is 0. The topological polar surface area (TPSA) is 36.3 Å². The number of halogens is 1. The summed E-state index contributed by atoms with van der Waals surface area (Å²) in [5.74, 6) is 0. The van der Waals surface area contributed by atoms with Gasteiger partial charge in [0.25, 0.3) is 0 Å². The Morgan fingerprint density at radius 1 is 1.44 bits per heavy atom. The fraction of sp³-hybridized carbons (Fsp3) is 0.417. The van der Waals surface area contributed by atoms with Crippen molar-refractivity contribution in [2.45, 2.75) is 12.6 Å². The molecule has 0 spiro atoms. The van der Waals surface area contributed by atoms with Crippen LogP contribution >= 0.6 is 15.9 Å². The summed E-state index contributed by atoms with van der Waals surface area (Å²) in [4.78, 5) is 2.25. The lowest BCUT2D eigenvalue weighted by Gasteiger charge is -2.29. The number of morpholine rings is 1. The molecule has 1 unspecified atom stereocenters. The van der Waals surface area contributed by atoms with Crippen molar-refractivity contribution >= 4 is 15.9 Å². The average molecular weight is 281 g/mol. The van der Waals surface area contributed by atoms with E-state index in [9.17, 15) is 0 Å². The zero-order valence-electron chi connectivity index (χ0n) is 8.90. The number of rotatable bonds is 2. The molecule has 2 rings (SSSR count). The maximum absolute atomic E-state index is 8.80. The van der Waals surface area contributed by atoms with Crippen molar-refractivity contribution in [1.82, 2.24) is 4.90 Å². The second kappa shape index (κ2) is 5.44. The minimum atomic E-state index is -0.274. The Morgan fingerprint density at radius 3 is 2.88 bits per heavy atom. The monoisotopic (exact) mass is 280 g/mol. The van der Waals surface area contributed by atoms with Gasteiger partial charge in [-0.25, -0.2) is 0 Å². The Morgan fingerprint density at radius 2 is 2.19 bits per heavy atom. The van der Waals surface area contributed by atoms with Crippen LogP contribution in [0.5, 0.6) is 0 Å². The quantitative estimate of drug-likeness (QED) is 0.833. The van der Waals surface area contributed by atoms with E-state index in [2.05, 4.69) is 39.0 Å². The van der Waals surface area contributed by atoms with Gasteiger partial charge in [-0.2, -0.15) is 5.26 Å². The first-order chi connectivity index (χ1) is 7.78.